The Labute approximate surface area is 160 Å². The van der Waals surface area contributed by atoms with Crippen LogP contribution in [0.15, 0.2) is 18.7 Å². The lowest BCUT2D eigenvalue weighted by molar-refractivity contribution is 0.0942. The Balaban J connectivity index is 1.84. The summed E-state index contributed by atoms with van der Waals surface area (Å²) in [6, 6.07) is 0. The Bertz CT molecular complexity index is 1040. The number of amides is 1. The van der Waals surface area contributed by atoms with E-state index in [0.29, 0.717) is 24.2 Å². The summed E-state index contributed by atoms with van der Waals surface area (Å²) in [5.74, 6) is -0.403. The lowest BCUT2D eigenvalue weighted by atomic mass is 9.93. The van der Waals surface area contributed by atoms with Gasteiger partial charge >= 0.3 is 0 Å². The molecular weight excluding hydrogens is 455 g/mol. The SMILES string of the molecule is Cn1nc(C(N)=O)c2c1-c1nc(-n3cnc([N+]([O-])(O)I)c3)ncc1CC2. The van der Waals surface area contributed by atoms with Gasteiger partial charge in [-0.3, -0.25) is 14.0 Å². The highest BCUT2D eigenvalue weighted by Crippen LogP contribution is 2.33. The number of aryl methyl sites for hydroxylation is 2. The molecule has 12 heteroatoms. The number of nitrogens with two attached hydrogens (primary N) is 1. The number of hydrogen-bond donors (Lipinski definition) is 2. The van der Waals surface area contributed by atoms with Crippen LogP contribution in [0.2, 0.25) is 0 Å². The van der Waals surface area contributed by atoms with Crippen LogP contribution in [0.25, 0.3) is 17.3 Å². The zero-order chi connectivity index (χ0) is 18.6. The largest absolute Gasteiger partial charge is 0.584 e. The molecule has 1 aliphatic rings. The van der Waals surface area contributed by atoms with E-state index < -0.39 is 8.93 Å². The van der Waals surface area contributed by atoms with E-state index >= 15 is 0 Å². The summed E-state index contributed by atoms with van der Waals surface area (Å²) in [4.78, 5) is 24.4. The average molecular weight is 468 g/mol. The van der Waals surface area contributed by atoms with E-state index in [2.05, 4.69) is 20.1 Å². The molecule has 11 nitrogen and oxygen atoms in total. The van der Waals surface area contributed by atoms with Crippen LogP contribution in [-0.4, -0.2) is 40.4 Å². The van der Waals surface area contributed by atoms with E-state index in [0.717, 1.165) is 11.1 Å². The second kappa shape index (κ2) is 5.80. The summed E-state index contributed by atoms with van der Waals surface area (Å²) < 4.78 is 1.35. The summed E-state index contributed by atoms with van der Waals surface area (Å²) in [6.07, 6.45) is 5.68. The van der Waals surface area contributed by atoms with Gasteiger partial charge in [-0.15, -0.1) is 3.02 Å². The number of fused-ring (bicyclic) bond motifs is 3. The summed E-state index contributed by atoms with van der Waals surface area (Å²) in [7, 11) is 1.72. The quantitative estimate of drug-likeness (QED) is 0.328. The van der Waals surface area contributed by atoms with Crippen LogP contribution in [0.1, 0.15) is 21.6 Å². The Morgan fingerprint density at radius 2 is 2.19 bits per heavy atom. The standard InChI is InChI=1S/C14H13IN8O3/c1-21-12-8(11(20-21)13(16)24)3-2-7-4-17-14(19-10(7)12)22-5-9(18-6-22)23(15,25)26/h4-6,25H,2-3H2,1H3,(H2,16,24). The number of imidazole rings is 1. The number of nitrogens with zero attached hydrogens (tertiary/aromatic N) is 7. The van der Waals surface area contributed by atoms with Crippen molar-refractivity contribution in [3.63, 3.8) is 0 Å². The Hall–Kier alpha value is -2.42. The van der Waals surface area contributed by atoms with E-state index in [9.17, 15) is 15.2 Å². The van der Waals surface area contributed by atoms with Crippen LogP contribution < -0.4 is 8.76 Å². The first-order valence-electron chi connectivity index (χ1n) is 7.55. The van der Waals surface area contributed by atoms with Crippen molar-refractivity contribution in [2.45, 2.75) is 12.8 Å². The number of carbonyl (C=O) groups excluding carboxylic acids is 1. The topological polar surface area (TPSA) is 148 Å². The van der Waals surface area contributed by atoms with Crippen molar-refractivity contribution >= 4 is 34.6 Å². The highest BCUT2D eigenvalue weighted by molar-refractivity contribution is 14.1. The predicted molar refractivity (Wildman–Crippen MR) is 98.2 cm³/mol. The number of aromatic nitrogens is 6. The van der Waals surface area contributed by atoms with Crippen LogP contribution in [0, 0.1) is 5.21 Å². The smallest absolute Gasteiger partial charge is 0.296 e. The zero-order valence-corrected chi connectivity index (χ0v) is 15.7. The van der Waals surface area contributed by atoms with E-state index in [1.807, 2.05) is 0 Å². The van der Waals surface area contributed by atoms with Gasteiger partial charge in [-0.2, -0.15) is 10.1 Å². The van der Waals surface area contributed by atoms with Crippen molar-refractivity contribution in [1.29, 1.82) is 0 Å². The fourth-order valence-corrected chi connectivity index (χ4v) is 3.28. The first kappa shape index (κ1) is 17.0. The van der Waals surface area contributed by atoms with Gasteiger partial charge in [0.1, 0.15) is 6.33 Å². The second-order valence-corrected chi connectivity index (χ2v) is 7.16. The average Bonchev–Trinajstić information content (AvgIpc) is 3.19. The third-order valence-corrected chi connectivity index (χ3v) is 4.68. The number of rotatable bonds is 3. The molecule has 0 radical (unpaired) electrons. The summed E-state index contributed by atoms with van der Waals surface area (Å²) in [6.45, 7) is 0. The molecule has 0 aliphatic heterocycles. The minimum Gasteiger partial charge on any atom is -0.584 e. The number of primary amides is 1. The van der Waals surface area contributed by atoms with Gasteiger partial charge in [-0.05, 0) is 18.4 Å². The fraction of sp³-hybridized carbons (Fsp3) is 0.214. The molecule has 0 spiro atoms. The molecule has 3 aromatic rings. The molecule has 3 heterocycles. The Morgan fingerprint density at radius 1 is 1.42 bits per heavy atom. The van der Waals surface area contributed by atoms with Crippen molar-refractivity contribution in [1.82, 2.24) is 32.3 Å². The predicted octanol–water partition coefficient (Wildman–Crippen LogP) is 0.805. The maximum Gasteiger partial charge on any atom is 0.296 e. The van der Waals surface area contributed by atoms with E-state index in [-0.39, 0.29) is 17.5 Å². The highest BCUT2D eigenvalue weighted by atomic mass is 127. The summed E-state index contributed by atoms with van der Waals surface area (Å²) in [5.41, 5.74) is 8.72. The molecule has 0 saturated heterocycles. The maximum atomic E-state index is 11.6. The van der Waals surface area contributed by atoms with Crippen molar-refractivity contribution in [3.8, 4) is 17.3 Å². The molecule has 3 N–H and O–H groups in total. The highest BCUT2D eigenvalue weighted by Gasteiger charge is 2.28. The molecular formula is C14H13IN8O3. The van der Waals surface area contributed by atoms with Crippen LogP contribution in [0.5, 0.6) is 0 Å². The molecule has 0 saturated carbocycles. The number of halogens is 1. The lowest BCUT2D eigenvalue weighted by Crippen LogP contribution is -2.25. The van der Waals surface area contributed by atoms with Gasteiger partial charge in [-0.1, -0.05) is 0 Å². The minimum atomic E-state index is -1.68. The van der Waals surface area contributed by atoms with E-state index in [1.165, 1.54) is 40.0 Å². The van der Waals surface area contributed by atoms with Crippen molar-refractivity contribution < 1.29 is 10.0 Å². The van der Waals surface area contributed by atoms with E-state index in [4.69, 9.17) is 5.73 Å². The van der Waals surface area contributed by atoms with E-state index in [1.54, 1.807) is 17.9 Å². The van der Waals surface area contributed by atoms with Crippen LogP contribution in [0.3, 0.4) is 0 Å². The molecule has 0 fully saturated rings. The van der Waals surface area contributed by atoms with Crippen molar-refractivity contribution in [2.24, 2.45) is 12.8 Å². The minimum absolute atomic E-state index is 0.107. The third-order valence-electron chi connectivity index (χ3n) is 4.18. The molecule has 1 unspecified atom stereocenters. The maximum absolute atomic E-state index is 11.6. The molecule has 4 rings (SSSR count). The normalized spacial score (nSPS) is 15.2. The molecule has 3 aromatic heterocycles. The zero-order valence-electron chi connectivity index (χ0n) is 13.5. The van der Waals surface area contributed by atoms with Gasteiger partial charge in [0.15, 0.2) is 5.69 Å². The summed E-state index contributed by atoms with van der Waals surface area (Å²) in [5, 5.41) is 25.2. The third kappa shape index (κ3) is 2.66. The molecule has 1 amide bonds. The molecule has 134 valence electrons. The van der Waals surface area contributed by atoms with Crippen molar-refractivity contribution in [3.05, 3.63) is 40.7 Å². The lowest BCUT2D eigenvalue weighted by Gasteiger charge is -2.20. The van der Waals surface area contributed by atoms with Crippen molar-refractivity contribution in [2.75, 3.05) is 0 Å². The number of carbonyl (C=O) groups is 1. The van der Waals surface area contributed by atoms with Gasteiger partial charge in [-0.25, -0.2) is 15.2 Å². The number of hydrogen-bond acceptors (Lipinski definition) is 7. The molecule has 1 atom stereocenters. The monoisotopic (exact) mass is 468 g/mol. The van der Waals surface area contributed by atoms with Gasteiger partial charge in [0.2, 0.25) is 5.95 Å². The second-order valence-electron chi connectivity index (χ2n) is 5.85. The Kier molecular flexibility index (Phi) is 3.80. The molecule has 0 bridgehead atoms. The molecule has 1 aliphatic carbocycles. The number of quaternary nitrogens is 1. The van der Waals surface area contributed by atoms with Crippen LogP contribution in [0.4, 0.5) is 5.82 Å². The first-order valence-corrected chi connectivity index (χ1v) is 8.51. The molecule has 26 heavy (non-hydrogen) atoms. The van der Waals surface area contributed by atoms with Crippen LogP contribution in [-0.2, 0) is 19.9 Å². The first-order chi connectivity index (χ1) is 12.3. The van der Waals surface area contributed by atoms with Gasteiger partial charge < -0.3 is 10.9 Å². The Morgan fingerprint density at radius 3 is 2.85 bits per heavy atom. The van der Waals surface area contributed by atoms with Crippen LogP contribution >= 0.6 is 22.9 Å². The fourth-order valence-electron chi connectivity index (χ4n) is 3.03. The van der Waals surface area contributed by atoms with Gasteiger partial charge in [0.05, 0.1) is 17.6 Å². The molecule has 0 aromatic carbocycles. The van der Waals surface area contributed by atoms with Gasteiger partial charge in [0, 0.05) is 18.8 Å². The van der Waals surface area contributed by atoms with Gasteiger partial charge in [0.25, 0.3) is 34.6 Å². The summed E-state index contributed by atoms with van der Waals surface area (Å²) >= 11 is 1.29.